The molecule has 7 heteroatoms. The predicted molar refractivity (Wildman–Crippen MR) is 124 cm³/mol. The molecule has 6 nitrogen and oxygen atoms in total. The fourth-order valence-electron chi connectivity index (χ4n) is 3.37. The first kappa shape index (κ1) is 20.7. The summed E-state index contributed by atoms with van der Waals surface area (Å²) >= 11 is 1.39. The molecule has 1 amide bonds. The molecular weight excluding hydrogens is 412 g/mol. The molecule has 0 unspecified atom stereocenters. The number of anilines is 1. The molecule has 2 aromatic heterocycles. The number of ether oxygens (including phenoxy) is 2. The van der Waals surface area contributed by atoms with E-state index in [0.29, 0.717) is 16.5 Å². The molecular formula is C24H22N2O4S. The molecule has 4 aromatic rings. The van der Waals surface area contributed by atoms with Gasteiger partial charge in [-0.2, -0.15) is 0 Å². The van der Waals surface area contributed by atoms with Crippen molar-refractivity contribution >= 4 is 38.9 Å². The standard InChI is InChI=1S/C24H22N2O4S/c1-14(8-23(27)26-24-25-15(2)13-31-24)18-10-19-20(12-30-22(19)11-21(18)29-4)16-6-5-7-17(9-16)28-3/h5-13H,1-4H3,(H,25,26,27)/b14-8+. The summed E-state index contributed by atoms with van der Waals surface area (Å²) in [6.45, 7) is 3.76. The van der Waals surface area contributed by atoms with Crippen LogP contribution in [0.15, 0.2) is 58.5 Å². The Morgan fingerprint density at radius 2 is 2.03 bits per heavy atom. The van der Waals surface area contributed by atoms with Crippen LogP contribution in [0.2, 0.25) is 0 Å². The highest BCUT2D eigenvalue weighted by molar-refractivity contribution is 7.13. The second-order valence-corrected chi connectivity index (χ2v) is 7.90. The van der Waals surface area contributed by atoms with Crippen LogP contribution in [0, 0.1) is 6.92 Å². The summed E-state index contributed by atoms with van der Waals surface area (Å²) in [5.41, 5.74) is 5.07. The zero-order valence-electron chi connectivity index (χ0n) is 17.7. The van der Waals surface area contributed by atoms with Crippen LogP contribution in [0.1, 0.15) is 18.2 Å². The number of allylic oxidation sites excluding steroid dienone is 1. The molecule has 4 rings (SSSR count). The predicted octanol–water partition coefficient (Wildman–Crippen LogP) is 5.92. The van der Waals surface area contributed by atoms with Gasteiger partial charge in [0.1, 0.15) is 17.1 Å². The van der Waals surface area contributed by atoms with Crippen LogP contribution in [0.3, 0.4) is 0 Å². The summed E-state index contributed by atoms with van der Waals surface area (Å²) in [6.07, 6.45) is 3.27. The normalized spacial score (nSPS) is 11.5. The average Bonchev–Trinajstić information content (AvgIpc) is 3.37. The van der Waals surface area contributed by atoms with Crippen molar-refractivity contribution in [3.8, 4) is 22.6 Å². The van der Waals surface area contributed by atoms with Gasteiger partial charge in [-0.05, 0) is 43.2 Å². The van der Waals surface area contributed by atoms with E-state index in [1.54, 1.807) is 26.6 Å². The Hall–Kier alpha value is -3.58. The monoisotopic (exact) mass is 434 g/mol. The summed E-state index contributed by atoms with van der Waals surface area (Å²) in [4.78, 5) is 16.8. The van der Waals surface area contributed by atoms with Gasteiger partial charge in [0.2, 0.25) is 5.91 Å². The number of benzene rings is 2. The van der Waals surface area contributed by atoms with Gasteiger partial charge in [0.25, 0.3) is 0 Å². The van der Waals surface area contributed by atoms with Crippen LogP contribution in [0.4, 0.5) is 5.13 Å². The number of carbonyl (C=O) groups is 1. The van der Waals surface area contributed by atoms with Crippen LogP contribution in [-0.2, 0) is 4.79 Å². The highest BCUT2D eigenvalue weighted by atomic mass is 32.1. The van der Waals surface area contributed by atoms with Crippen LogP contribution < -0.4 is 14.8 Å². The Morgan fingerprint density at radius 1 is 1.19 bits per heavy atom. The van der Waals surface area contributed by atoms with Gasteiger partial charge in [0.05, 0.1) is 26.2 Å². The highest BCUT2D eigenvalue weighted by Gasteiger charge is 2.15. The van der Waals surface area contributed by atoms with Gasteiger partial charge in [0.15, 0.2) is 5.13 Å². The summed E-state index contributed by atoms with van der Waals surface area (Å²) in [5.74, 6) is 1.16. The smallest absolute Gasteiger partial charge is 0.250 e. The van der Waals surface area contributed by atoms with Crippen LogP contribution >= 0.6 is 11.3 Å². The lowest BCUT2D eigenvalue weighted by atomic mass is 9.99. The molecule has 2 aromatic carbocycles. The summed E-state index contributed by atoms with van der Waals surface area (Å²) in [6, 6.07) is 11.6. The van der Waals surface area contributed by atoms with Gasteiger partial charge < -0.3 is 13.9 Å². The zero-order chi connectivity index (χ0) is 22.0. The van der Waals surface area contributed by atoms with Crippen LogP contribution in [-0.4, -0.2) is 25.1 Å². The van der Waals surface area contributed by atoms with Gasteiger partial charge >= 0.3 is 0 Å². The van der Waals surface area contributed by atoms with Crippen molar-refractivity contribution in [1.82, 2.24) is 4.98 Å². The van der Waals surface area contributed by atoms with E-state index in [4.69, 9.17) is 13.9 Å². The zero-order valence-corrected chi connectivity index (χ0v) is 18.5. The minimum atomic E-state index is -0.241. The maximum Gasteiger partial charge on any atom is 0.250 e. The molecule has 0 aliphatic heterocycles. The van der Waals surface area contributed by atoms with Crippen molar-refractivity contribution < 1.29 is 18.7 Å². The van der Waals surface area contributed by atoms with E-state index in [0.717, 1.165) is 39.1 Å². The van der Waals surface area contributed by atoms with Crippen molar-refractivity contribution in [1.29, 1.82) is 0 Å². The number of rotatable bonds is 6. The van der Waals surface area contributed by atoms with Crippen molar-refractivity contribution in [2.24, 2.45) is 0 Å². The minimum Gasteiger partial charge on any atom is -0.497 e. The number of fused-ring (bicyclic) bond motifs is 1. The third-order valence-corrected chi connectivity index (χ3v) is 5.77. The fraction of sp³-hybridized carbons (Fsp3) is 0.167. The number of furan rings is 1. The van der Waals surface area contributed by atoms with Crippen LogP contribution in [0.25, 0.3) is 27.7 Å². The first-order valence-corrected chi connectivity index (χ1v) is 10.5. The molecule has 0 saturated carbocycles. The maximum atomic E-state index is 12.5. The molecule has 0 spiro atoms. The number of amides is 1. The molecule has 158 valence electrons. The fourth-order valence-corrected chi connectivity index (χ4v) is 4.06. The van der Waals surface area contributed by atoms with E-state index in [-0.39, 0.29) is 5.91 Å². The van der Waals surface area contributed by atoms with Crippen molar-refractivity contribution in [2.75, 3.05) is 19.5 Å². The van der Waals surface area contributed by atoms with Gasteiger partial charge in [-0.15, -0.1) is 11.3 Å². The largest absolute Gasteiger partial charge is 0.497 e. The van der Waals surface area contributed by atoms with Gasteiger partial charge in [0, 0.05) is 34.0 Å². The molecule has 0 atom stereocenters. The molecule has 0 bridgehead atoms. The second kappa shape index (κ2) is 8.65. The molecule has 2 heterocycles. The molecule has 0 saturated heterocycles. The lowest BCUT2D eigenvalue weighted by Crippen LogP contribution is -2.08. The van der Waals surface area contributed by atoms with E-state index in [2.05, 4.69) is 10.3 Å². The Labute approximate surface area is 184 Å². The third kappa shape index (κ3) is 4.32. The topological polar surface area (TPSA) is 73.6 Å². The molecule has 1 N–H and O–H groups in total. The van der Waals surface area contributed by atoms with Gasteiger partial charge in [-0.3, -0.25) is 10.1 Å². The Kier molecular flexibility index (Phi) is 5.77. The van der Waals surface area contributed by atoms with E-state index in [1.165, 1.54) is 11.3 Å². The average molecular weight is 435 g/mol. The van der Waals surface area contributed by atoms with Gasteiger partial charge in [-0.25, -0.2) is 4.98 Å². The molecule has 0 aliphatic carbocycles. The summed E-state index contributed by atoms with van der Waals surface area (Å²) in [5, 5.41) is 6.19. The number of carbonyl (C=O) groups excluding carboxylic acids is 1. The van der Waals surface area contributed by atoms with E-state index >= 15 is 0 Å². The highest BCUT2D eigenvalue weighted by Crippen LogP contribution is 2.38. The number of thiazole rings is 1. The number of nitrogens with zero attached hydrogens (tertiary/aromatic N) is 1. The molecule has 0 fully saturated rings. The Morgan fingerprint density at radius 3 is 2.74 bits per heavy atom. The number of nitrogens with one attached hydrogen (secondary N) is 1. The first-order chi connectivity index (χ1) is 15.0. The first-order valence-electron chi connectivity index (χ1n) is 9.64. The SMILES string of the molecule is COc1cccc(-c2coc3cc(OC)c(/C(C)=C/C(=O)Nc4nc(C)cs4)cc23)c1. The lowest BCUT2D eigenvalue weighted by molar-refractivity contribution is -0.111. The van der Waals surface area contributed by atoms with E-state index in [9.17, 15) is 4.79 Å². The number of hydrogen-bond acceptors (Lipinski definition) is 6. The lowest BCUT2D eigenvalue weighted by Gasteiger charge is -2.10. The number of aromatic nitrogens is 1. The Balaban J connectivity index is 1.73. The third-order valence-electron chi connectivity index (χ3n) is 4.90. The van der Waals surface area contributed by atoms with Crippen molar-refractivity contribution in [3.63, 3.8) is 0 Å². The quantitative estimate of drug-likeness (QED) is 0.381. The summed E-state index contributed by atoms with van der Waals surface area (Å²) < 4.78 is 16.7. The molecule has 0 aliphatic rings. The van der Waals surface area contributed by atoms with E-state index in [1.807, 2.05) is 55.6 Å². The number of methoxy groups -OCH3 is 2. The second-order valence-electron chi connectivity index (χ2n) is 7.04. The van der Waals surface area contributed by atoms with Crippen LogP contribution in [0.5, 0.6) is 11.5 Å². The van der Waals surface area contributed by atoms with Crippen molar-refractivity contribution in [3.05, 3.63) is 65.4 Å². The number of aryl methyl sites for hydroxylation is 1. The van der Waals surface area contributed by atoms with E-state index < -0.39 is 0 Å². The van der Waals surface area contributed by atoms with Gasteiger partial charge in [-0.1, -0.05) is 12.1 Å². The molecule has 0 radical (unpaired) electrons. The number of hydrogen-bond donors (Lipinski definition) is 1. The van der Waals surface area contributed by atoms with Crippen molar-refractivity contribution in [2.45, 2.75) is 13.8 Å². The summed E-state index contributed by atoms with van der Waals surface area (Å²) in [7, 11) is 3.24. The molecule has 31 heavy (non-hydrogen) atoms. The Bertz CT molecular complexity index is 1290. The maximum absolute atomic E-state index is 12.5. The minimum absolute atomic E-state index is 0.241.